The Labute approximate surface area is 114 Å². The molecule has 2 heterocycles. The number of carbonyl (C=O) groups is 2. The molecule has 1 aliphatic rings. The van der Waals surface area contributed by atoms with Crippen molar-refractivity contribution in [2.45, 2.75) is 19.8 Å². The second-order valence-corrected chi connectivity index (χ2v) is 5.49. The number of hydrogen-bond donors (Lipinski definition) is 2. The number of rotatable bonds is 5. The van der Waals surface area contributed by atoms with Crippen LogP contribution in [-0.2, 0) is 4.74 Å². The zero-order valence-electron chi connectivity index (χ0n) is 10.6. The molecule has 7 heteroatoms. The fourth-order valence-electron chi connectivity index (χ4n) is 1.96. The van der Waals surface area contributed by atoms with Gasteiger partial charge in [-0.25, -0.2) is 9.78 Å². The summed E-state index contributed by atoms with van der Waals surface area (Å²) in [7, 11) is 0. The van der Waals surface area contributed by atoms with E-state index in [1.54, 1.807) is 0 Å². The molecule has 0 saturated carbocycles. The topological polar surface area (TPSA) is 88.5 Å². The van der Waals surface area contributed by atoms with Gasteiger partial charge in [-0.15, -0.1) is 0 Å². The molecule has 1 aliphatic heterocycles. The summed E-state index contributed by atoms with van der Waals surface area (Å²) in [6.45, 7) is 3.61. The lowest BCUT2D eigenvalue weighted by atomic mass is 10.0. The maximum atomic E-state index is 11.4. The van der Waals surface area contributed by atoms with E-state index in [4.69, 9.17) is 9.84 Å². The van der Waals surface area contributed by atoms with Gasteiger partial charge in [0, 0.05) is 26.7 Å². The number of ether oxygens (including phenoxy) is 1. The standard InChI is InChI=1S/C12H16N2O4S/c1-7(15)10-9(11(16)17)14-12(19-10)13-6-8-2-4-18-5-3-8/h8H,2-6H2,1H3,(H,13,14)(H,16,17). The van der Waals surface area contributed by atoms with E-state index in [9.17, 15) is 9.59 Å². The average Bonchev–Trinajstić information content (AvgIpc) is 2.82. The van der Waals surface area contributed by atoms with Crippen LogP contribution in [0.4, 0.5) is 5.13 Å². The van der Waals surface area contributed by atoms with Crippen molar-refractivity contribution < 1.29 is 19.4 Å². The minimum absolute atomic E-state index is 0.160. The molecule has 0 aliphatic carbocycles. The van der Waals surface area contributed by atoms with Gasteiger partial charge in [0.15, 0.2) is 16.6 Å². The molecule has 0 atom stereocenters. The summed E-state index contributed by atoms with van der Waals surface area (Å²) in [4.78, 5) is 26.5. The minimum Gasteiger partial charge on any atom is -0.476 e. The molecule has 1 saturated heterocycles. The molecule has 1 aromatic heterocycles. The van der Waals surface area contributed by atoms with Gasteiger partial charge in [0.05, 0.1) is 0 Å². The van der Waals surface area contributed by atoms with E-state index in [2.05, 4.69) is 10.3 Å². The van der Waals surface area contributed by atoms with Crippen molar-refractivity contribution in [3.63, 3.8) is 0 Å². The average molecular weight is 284 g/mol. The quantitative estimate of drug-likeness (QED) is 0.803. The lowest BCUT2D eigenvalue weighted by Crippen LogP contribution is -2.22. The van der Waals surface area contributed by atoms with Crippen molar-refractivity contribution in [2.24, 2.45) is 5.92 Å². The zero-order chi connectivity index (χ0) is 13.8. The highest BCUT2D eigenvalue weighted by molar-refractivity contribution is 7.17. The molecule has 19 heavy (non-hydrogen) atoms. The molecule has 0 spiro atoms. The van der Waals surface area contributed by atoms with E-state index in [0.717, 1.165) is 43.9 Å². The number of carboxylic acid groups (broad SMARTS) is 1. The lowest BCUT2D eigenvalue weighted by molar-refractivity contribution is 0.0687. The van der Waals surface area contributed by atoms with Crippen LogP contribution in [0.25, 0.3) is 0 Å². The third-order valence-corrected chi connectivity index (χ3v) is 4.15. The second kappa shape index (κ2) is 6.12. The summed E-state index contributed by atoms with van der Waals surface area (Å²) in [5.74, 6) is -0.929. The van der Waals surface area contributed by atoms with Crippen molar-refractivity contribution >= 4 is 28.2 Å². The SMILES string of the molecule is CC(=O)c1sc(NCC2CCOCC2)nc1C(=O)O. The van der Waals surface area contributed by atoms with Crippen LogP contribution in [0, 0.1) is 5.92 Å². The molecular weight excluding hydrogens is 268 g/mol. The van der Waals surface area contributed by atoms with E-state index in [-0.39, 0.29) is 16.4 Å². The molecule has 0 amide bonds. The Balaban J connectivity index is 2.02. The van der Waals surface area contributed by atoms with Crippen LogP contribution in [-0.4, -0.2) is 41.6 Å². The highest BCUT2D eigenvalue weighted by atomic mass is 32.1. The summed E-state index contributed by atoms with van der Waals surface area (Å²) < 4.78 is 5.27. The minimum atomic E-state index is -1.17. The normalized spacial score (nSPS) is 16.3. The van der Waals surface area contributed by atoms with Crippen LogP contribution in [0.5, 0.6) is 0 Å². The molecule has 2 rings (SSSR count). The van der Waals surface area contributed by atoms with E-state index in [0.29, 0.717) is 11.0 Å². The van der Waals surface area contributed by atoms with Crippen molar-refractivity contribution in [1.29, 1.82) is 0 Å². The Bertz CT molecular complexity index is 449. The maximum absolute atomic E-state index is 11.4. The fraction of sp³-hybridized carbons (Fsp3) is 0.583. The van der Waals surface area contributed by atoms with Gasteiger partial charge >= 0.3 is 5.97 Å². The number of Topliss-reactive ketones (excluding diaryl/α,β-unsaturated/α-hetero) is 1. The van der Waals surface area contributed by atoms with Gasteiger partial charge in [0.1, 0.15) is 4.88 Å². The number of carboxylic acids is 1. The maximum Gasteiger partial charge on any atom is 0.356 e. The predicted molar refractivity (Wildman–Crippen MR) is 71.1 cm³/mol. The summed E-state index contributed by atoms with van der Waals surface area (Å²) in [6.07, 6.45) is 1.98. The Hall–Kier alpha value is -1.47. The van der Waals surface area contributed by atoms with Gasteiger partial charge in [-0.05, 0) is 18.8 Å². The molecule has 1 fully saturated rings. The molecule has 0 unspecified atom stereocenters. The summed E-state index contributed by atoms with van der Waals surface area (Å²) in [5.41, 5.74) is -0.160. The smallest absolute Gasteiger partial charge is 0.356 e. The van der Waals surface area contributed by atoms with E-state index in [1.165, 1.54) is 6.92 Å². The first-order valence-corrected chi connectivity index (χ1v) is 6.96. The first-order chi connectivity index (χ1) is 9.08. The highest BCUT2D eigenvalue weighted by Crippen LogP contribution is 2.25. The number of thiazole rings is 1. The molecule has 2 N–H and O–H groups in total. The van der Waals surface area contributed by atoms with Gasteiger partial charge < -0.3 is 15.2 Å². The van der Waals surface area contributed by atoms with Crippen molar-refractivity contribution in [3.8, 4) is 0 Å². The third kappa shape index (κ3) is 3.51. The highest BCUT2D eigenvalue weighted by Gasteiger charge is 2.21. The van der Waals surface area contributed by atoms with E-state index >= 15 is 0 Å². The number of aromatic nitrogens is 1. The van der Waals surface area contributed by atoms with Crippen molar-refractivity contribution in [1.82, 2.24) is 4.98 Å². The third-order valence-electron chi connectivity index (χ3n) is 3.03. The first kappa shape index (κ1) is 14.0. The first-order valence-electron chi connectivity index (χ1n) is 6.14. The lowest BCUT2D eigenvalue weighted by Gasteiger charge is -2.21. The Kier molecular flexibility index (Phi) is 4.49. The van der Waals surface area contributed by atoms with Crippen molar-refractivity contribution in [2.75, 3.05) is 25.1 Å². The molecule has 0 radical (unpaired) electrons. The van der Waals surface area contributed by atoms with Crippen LogP contribution in [0.1, 0.15) is 39.9 Å². The van der Waals surface area contributed by atoms with Gasteiger partial charge in [-0.1, -0.05) is 11.3 Å². The predicted octanol–water partition coefficient (Wildman–Crippen LogP) is 1.88. The Morgan fingerprint density at radius 2 is 2.16 bits per heavy atom. The van der Waals surface area contributed by atoms with Gasteiger partial charge in [-0.3, -0.25) is 4.79 Å². The molecule has 6 nitrogen and oxygen atoms in total. The number of hydrogen-bond acceptors (Lipinski definition) is 6. The van der Waals surface area contributed by atoms with Gasteiger partial charge in [-0.2, -0.15) is 0 Å². The van der Waals surface area contributed by atoms with Crippen molar-refractivity contribution in [3.05, 3.63) is 10.6 Å². The molecular formula is C12H16N2O4S. The molecule has 0 bridgehead atoms. The van der Waals surface area contributed by atoms with Crippen LogP contribution in [0.2, 0.25) is 0 Å². The Morgan fingerprint density at radius 1 is 1.47 bits per heavy atom. The number of aromatic carboxylic acids is 1. The van der Waals surface area contributed by atoms with E-state index < -0.39 is 5.97 Å². The number of ketones is 1. The summed E-state index contributed by atoms with van der Waals surface area (Å²) in [5, 5.41) is 12.6. The number of anilines is 1. The molecule has 1 aromatic rings. The fourth-order valence-corrected chi connectivity index (χ4v) is 2.82. The number of nitrogens with zero attached hydrogens (tertiary/aromatic N) is 1. The number of carbonyl (C=O) groups excluding carboxylic acids is 1. The summed E-state index contributed by atoms with van der Waals surface area (Å²) in [6, 6.07) is 0. The van der Waals surface area contributed by atoms with Crippen LogP contribution >= 0.6 is 11.3 Å². The zero-order valence-corrected chi connectivity index (χ0v) is 11.5. The van der Waals surface area contributed by atoms with Crippen LogP contribution in [0.15, 0.2) is 0 Å². The van der Waals surface area contributed by atoms with Gasteiger partial charge in [0.25, 0.3) is 0 Å². The van der Waals surface area contributed by atoms with Crippen LogP contribution < -0.4 is 5.32 Å². The summed E-state index contributed by atoms with van der Waals surface area (Å²) >= 11 is 1.10. The largest absolute Gasteiger partial charge is 0.476 e. The Morgan fingerprint density at radius 3 is 2.68 bits per heavy atom. The monoisotopic (exact) mass is 284 g/mol. The molecule has 104 valence electrons. The van der Waals surface area contributed by atoms with E-state index in [1.807, 2.05) is 0 Å². The van der Waals surface area contributed by atoms with Crippen LogP contribution in [0.3, 0.4) is 0 Å². The molecule has 0 aromatic carbocycles. The number of nitrogens with one attached hydrogen (secondary N) is 1. The van der Waals surface area contributed by atoms with Gasteiger partial charge in [0.2, 0.25) is 0 Å². The second-order valence-electron chi connectivity index (χ2n) is 4.49.